The highest BCUT2D eigenvalue weighted by molar-refractivity contribution is 6.01. The van der Waals surface area contributed by atoms with Crippen molar-refractivity contribution in [2.24, 2.45) is 15.8 Å². The van der Waals surface area contributed by atoms with Crippen molar-refractivity contribution in [1.29, 1.82) is 0 Å². The molecule has 3 aliphatic rings. The average Bonchev–Trinajstić information content (AvgIpc) is 2.84. The Morgan fingerprint density at radius 3 is 2.63 bits per heavy atom. The standard InChI is InChI=1S/C18H13F4N4O/c19-13-8-12(4-5-15(13)27-10-18(20,21)22)17-25-16(11-2-1-3-11)14-9-24-6-7-26(14,17)23/h1-9H,10,23H2/q+1. The van der Waals surface area contributed by atoms with E-state index in [9.17, 15) is 17.6 Å². The summed E-state index contributed by atoms with van der Waals surface area (Å²) in [6, 6.07) is 3.61. The molecule has 0 saturated carbocycles. The first-order chi connectivity index (χ1) is 12.8. The molecular formula is C18H13F4N4O+. The van der Waals surface area contributed by atoms with Crippen molar-refractivity contribution in [2.75, 3.05) is 6.61 Å². The van der Waals surface area contributed by atoms with Gasteiger partial charge in [-0.25, -0.2) is 4.39 Å². The molecule has 0 saturated heterocycles. The van der Waals surface area contributed by atoms with Crippen LogP contribution in [0.2, 0.25) is 0 Å². The number of ether oxygens (including phenoxy) is 1. The van der Waals surface area contributed by atoms with E-state index in [1.54, 1.807) is 12.4 Å². The lowest BCUT2D eigenvalue weighted by atomic mass is 10.0. The van der Waals surface area contributed by atoms with E-state index in [1.807, 2.05) is 18.2 Å². The molecule has 2 heterocycles. The van der Waals surface area contributed by atoms with Gasteiger partial charge in [-0.1, -0.05) is 18.2 Å². The van der Waals surface area contributed by atoms with Gasteiger partial charge in [0.1, 0.15) is 11.9 Å². The van der Waals surface area contributed by atoms with Crippen LogP contribution in [0.5, 0.6) is 5.75 Å². The zero-order valence-electron chi connectivity index (χ0n) is 13.7. The number of halogens is 4. The van der Waals surface area contributed by atoms with E-state index in [1.165, 1.54) is 12.3 Å². The second-order valence-electron chi connectivity index (χ2n) is 6.05. The maximum atomic E-state index is 14.3. The molecule has 27 heavy (non-hydrogen) atoms. The van der Waals surface area contributed by atoms with E-state index in [0.29, 0.717) is 22.8 Å². The molecule has 5 nitrogen and oxygen atoms in total. The summed E-state index contributed by atoms with van der Waals surface area (Å²) in [7, 11) is 0. The van der Waals surface area contributed by atoms with Crippen LogP contribution in [0.4, 0.5) is 17.6 Å². The Balaban J connectivity index is 1.68. The molecule has 0 fully saturated rings. The summed E-state index contributed by atoms with van der Waals surface area (Å²) in [5, 5.41) is 0. The van der Waals surface area contributed by atoms with Crippen molar-refractivity contribution in [2.45, 2.75) is 6.18 Å². The number of allylic oxidation sites excluding steroid dienone is 4. The number of nitrogens with zero attached hydrogens (tertiary/aromatic N) is 3. The summed E-state index contributed by atoms with van der Waals surface area (Å²) in [5.74, 6) is 5.37. The molecule has 2 N–H and O–H groups in total. The number of nitrogens with two attached hydrogens (primary N) is 1. The molecule has 1 unspecified atom stereocenters. The van der Waals surface area contributed by atoms with Crippen LogP contribution >= 0.6 is 0 Å². The van der Waals surface area contributed by atoms with Gasteiger partial charge >= 0.3 is 6.18 Å². The fraction of sp³-hybridized carbons (Fsp3) is 0.111. The van der Waals surface area contributed by atoms with Crippen molar-refractivity contribution >= 4 is 12.1 Å². The second kappa shape index (κ2) is 6.00. The predicted molar refractivity (Wildman–Crippen MR) is 90.8 cm³/mol. The Bertz CT molecular complexity index is 1000. The molecule has 1 atom stereocenters. The van der Waals surface area contributed by atoms with Gasteiger partial charge in [0, 0.05) is 5.57 Å². The molecule has 138 valence electrons. The molecule has 0 amide bonds. The molecule has 0 spiro atoms. The number of hydrogen-bond acceptors (Lipinski definition) is 4. The lowest BCUT2D eigenvalue weighted by molar-refractivity contribution is -0.750. The first-order valence-electron chi connectivity index (χ1n) is 7.88. The number of rotatable bonds is 4. The zero-order chi connectivity index (χ0) is 19.2. The van der Waals surface area contributed by atoms with Gasteiger partial charge in [0.05, 0.1) is 18.0 Å². The molecule has 0 radical (unpaired) electrons. The Labute approximate surface area is 151 Å². The summed E-state index contributed by atoms with van der Waals surface area (Å²) in [5.41, 5.74) is 2.41. The number of alkyl halides is 3. The van der Waals surface area contributed by atoms with Gasteiger partial charge < -0.3 is 4.74 Å². The number of fused-ring (bicyclic) bond motifs is 1. The van der Waals surface area contributed by atoms with Gasteiger partial charge in [-0.05, 0) is 18.2 Å². The number of hydrogen-bond donors (Lipinski definition) is 1. The zero-order valence-corrected chi connectivity index (χ0v) is 13.7. The Kier molecular flexibility index (Phi) is 3.86. The minimum Gasteiger partial charge on any atom is -0.481 e. The van der Waals surface area contributed by atoms with Crippen LogP contribution in [-0.4, -0.2) is 29.4 Å². The summed E-state index contributed by atoms with van der Waals surface area (Å²) in [6.07, 6.45) is 5.70. The summed E-state index contributed by atoms with van der Waals surface area (Å²) < 4.78 is 55.3. The summed E-state index contributed by atoms with van der Waals surface area (Å²) >= 11 is 0. The SMILES string of the molecule is N[N+]12C=CN=CC1=C(C1=CC=C1)N=C2c1ccc(OCC(F)(F)F)c(F)c1. The Morgan fingerprint density at radius 1 is 1.22 bits per heavy atom. The highest BCUT2D eigenvalue weighted by atomic mass is 19.4. The van der Waals surface area contributed by atoms with E-state index in [2.05, 4.69) is 14.7 Å². The maximum Gasteiger partial charge on any atom is 0.422 e. The maximum absolute atomic E-state index is 14.3. The van der Waals surface area contributed by atoms with Crippen LogP contribution in [0.1, 0.15) is 5.56 Å². The monoisotopic (exact) mass is 377 g/mol. The van der Waals surface area contributed by atoms with Crippen LogP contribution in [0.25, 0.3) is 0 Å². The minimum atomic E-state index is -4.55. The van der Waals surface area contributed by atoms with Crippen LogP contribution in [-0.2, 0) is 0 Å². The van der Waals surface area contributed by atoms with Gasteiger partial charge in [0.2, 0.25) is 5.70 Å². The number of amidine groups is 1. The third-order valence-corrected chi connectivity index (χ3v) is 4.20. The molecule has 2 aliphatic heterocycles. The van der Waals surface area contributed by atoms with Crippen LogP contribution in [0.3, 0.4) is 0 Å². The first kappa shape index (κ1) is 17.4. The summed E-state index contributed by atoms with van der Waals surface area (Å²) in [4.78, 5) is 8.63. The topological polar surface area (TPSA) is 60.0 Å². The van der Waals surface area contributed by atoms with E-state index < -0.39 is 24.3 Å². The van der Waals surface area contributed by atoms with Crippen LogP contribution < -0.4 is 10.6 Å². The van der Waals surface area contributed by atoms with Crippen LogP contribution in [0.15, 0.2) is 75.8 Å². The molecule has 1 aromatic rings. The van der Waals surface area contributed by atoms with Crippen molar-refractivity contribution < 1.29 is 26.9 Å². The smallest absolute Gasteiger partial charge is 0.422 e. The fourth-order valence-electron chi connectivity index (χ4n) is 2.86. The second-order valence-corrected chi connectivity index (χ2v) is 6.05. The van der Waals surface area contributed by atoms with E-state index >= 15 is 0 Å². The number of benzene rings is 1. The average molecular weight is 377 g/mol. The van der Waals surface area contributed by atoms with E-state index in [0.717, 1.165) is 17.7 Å². The minimum absolute atomic E-state index is 0.313. The van der Waals surface area contributed by atoms with Crippen LogP contribution in [0, 0.1) is 5.82 Å². The Hall–Kier alpha value is -3.04. The highest BCUT2D eigenvalue weighted by Crippen LogP contribution is 2.36. The Morgan fingerprint density at radius 2 is 2.00 bits per heavy atom. The molecule has 9 heteroatoms. The van der Waals surface area contributed by atoms with Crippen molar-refractivity contribution in [1.82, 2.24) is 0 Å². The lowest BCUT2D eigenvalue weighted by Gasteiger charge is -2.26. The number of aliphatic imine (C=N–C) groups is 2. The summed E-state index contributed by atoms with van der Waals surface area (Å²) in [6.45, 7) is -1.57. The third kappa shape index (κ3) is 3.00. The molecule has 0 aromatic heterocycles. The van der Waals surface area contributed by atoms with Gasteiger partial charge in [0.25, 0.3) is 5.84 Å². The fourth-order valence-corrected chi connectivity index (χ4v) is 2.86. The van der Waals surface area contributed by atoms with E-state index in [-0.39, 0.29) is 4.59 Å². The molecule has 4 rings (SSSR count). The van der Waals surface area contributed by atoms with E-state index in [4.69, 9.17) is 5.84 Å². The normalized spacial score (nSPS) is 23.1. The van der Waals surface area contributed by atoms with Crippen molar-refractivity contribution in [3.63, 3.8) is 0 Å². The van der Waals surface area contributed by atoms with Gasteiger partial charge in [-0.3, -0.25) is 4.99 Å². The van der Waals surface area contributed by atoms with Gasteiger partial charge in [-0.2, -0.15) is 24.0 Å². The van der Waals surface area contributed by atoms with Crippen molar-refractivity contribution in [3.05, 3.63) is 77.2 Å². The van der Waals surface area contributed by atoms with Gasteiger partial charge in [-0.15, -0.1) is 4.59 Å². The quantitative estimate of drug-likeness (QED) is 0.496. The first-order valence-corrected chi connectivity index (χ1v) is 7.88. The molecule has 1 aromatic carbocycles. The van der Waals surface area contributed by atoms with Crippen molar-refractivity contribution in [3.8, 4) is 5.75 Å². The molecular weight excluding hydrogens is 364 g/mol. The molecule has 0 bridgehead atoms. The number of quaternary nitrogens is 1. The lowest BCUT2D eigenvalue weighted by Crippen LogP contribution is -2.53. The highest BCUT2D eigenvalue weighted by Gasteiger charge is 2.45. The predicted octanol–water partition coefficient (Wildman–Crippen LogP) is 3.48. The molecule has 1 aliphatic carbocycles. The largest absolute Gasteiger partial charge is 0.481 e. The third-order valence-electron chi connectivity index (χ3n) is 4.20. The van der Waals surface area contributed by atoms with Gasteiger partial charge in [0.15, 0.2) is 18.2 Å².